The number of aromatic nitrogens is 4. The van der Waals surface area contributed by atoms with E-state index in [4.69, 9.17) is 0 Å². The monoisotopic (exact) mass is 464 g/mol. The summed E-state index contributed by atoms with van der Waals surface area (Å²) in [6.07, 6.45) is 7.35. The normalized spacial score (nSPS) is 11.9. The summed E-state index contributed by atoms with van der Waals surface area (Å²) in [5.74, 6) is 0. The minimum Gasteiger partial charge on any atom is -0.334 e. The summed E-state index contributed by atoms with van der Waals surface area (Å²) < 4.78 is 4.09. The van der Waals surface area contributed by atoms with Gasteiger partial charge in [0.15, 0.2) is 0 Å². The van der Waals surface area contributed by atoms with Crippen LogP contribution in [0.4, 0.5) is 4.79 Å². The molecule has 0 radical (unpaired) electrons. The highest BCUT2D eigenvalue weighted by Crippen LogP contribution is 2.23. The van der Waals surface area contributed by atoms with E-state index in [-0.39, 0.29) is 12.1 Å². The van der Waals surface area contributed by atoms with Crippen LogP contribution in [-0.2, 0) is 13.1 Å². The van der Waals surface area contributed by atoms with Gasteiger partial charge in [0.05, 0.1) is 23.4 Å². The molecule has 176 valence electrons. The van der Waals surface area contributed by atoms with E-state index < -0.39 is 0 Å². The van der Waals surface area contributed by atoms with Gasteiger partial charge < -0.3 is 14.8 Å². The Morgan fingerprint density at radius 1 is 1.00 bits per heavy atom. The van der Waals surface area contributed by atoms with Crippen molar-refractivity contribution in [2.24, 2.45) is 0 Å². The van der Waals surface area contributed by atoms with Gasteiger partial charge in [0.1, 0.15) is 6.33 Å². The van der Waals surface area contributed by atoms with E-state index in [0.29, 0.717) is 6.54 Å². The maximum atomic E-state index is 12.9. The zero-order chi connectivity index (χ0) is 24.2. The second kappa shape index (κ2) is 9.85. The Labute approximate surface area is 204 Å². The Bertz CT molecular complexity index is 1420. The van der Waals surface area contributed by atoms with Crippen LogP contribution in [0.3, 0.4) is 0 Å². The van der Waals surface area contributed by atoms with Crippen molar-refractivity contribution in [3.8, 4) is 5.69 Å². The second-order valence-corrected chi connectivity index (χ2v) is 8.70. The number of carbonyl (C=O) groups excluding carboxylic acids is 1. The predicted molar refractivity (Wildman–Crippen MR) is 137 cm³/mol. The Morgan fingerprint density at radius 3 is 2.60 bits per heavy atom. The number of para-hydroxylation sites is 2. The Kier molecular flexibility index (Phi) is 6.30. The molecule has 0 saturated carbocycles. The van der Waals surface area contributed by atoms with Crippen molar-refractivity contribution < 1.29 is 4.79 Å². The van der Waals surface area contributed by atoms with Gasteiger partial charge in [-0.05, 0) is 47.9 Å². The first-order chi connectivity index (χ1) is 17.1. The van der Waals surface area contributed by atoms with Gasteiger partial charge in [-0.25, -0.2) is 14.8 Å². The first kappa shape index (κ1) is 22.4. The van der Waals surface area contributed by atoms with Gasteiger partial charge in [-0.2, -0.15) is 0 Å². The molecule has 5 aromatic rings. The summed E-state index contributed by atoms with van der Waals surface area (Å²) in [6.45, 7) is 3.26. The summed E-state index contributed by atoms with van der Waals surface area (Å²) in [4.78, 5) is 23.2. The zero-order valence-electron chi connectivity index (χ0n) is 19.9. The summed E-state index contributed by atoms with van der Waals surface area (Å²) in [5.41, 5.74) is 6.37. The quantitative estimate of drug-likeness (QED) is 0.361. The van der Waals surface area contributed by atoms with Crippen LogP contribution < -0.4 is 5.32 Å². The molecule has 0 aliphatic carbocycles. The van der Waals surface area contributed by atoms with Crippen molar-refractivity contribution in [1.82, 2.24) is 29.3 Å². The van der Waals surface area contributed by atoms with Gasteiger partial charge in [-0.3, -0.25) is 4.57 Å². The maximum Gasteiger partial charge on any atom is 0.317 e. The lowest BCUT2D eigenvalue weighted by molar-refractivity contribution is 0.194. The van der Waals surface area contributed by atoms with Crippen molar-refractivity contribution in [3.63, 3.8) is 0 Å². The minimum atomic E-state index is -0.109. The standard InChI is InChI=1S/C28H28N6O/c1-21(24-10-12-25(13-11-24)34-20-31-26-8-3-4-9-27(26)34)32(2)28(35)30-17-22-6-5-7-23(16-22)18-33-15-14-29-19-33/h3-16,19-21H,17-18H2,1-2H3,(H,30,35). The SMILES string of the molecule is CC(c1ccc(-n2cnc3ccccc32)cc1)N(C)C(=O)NCc1cccc(Cn2ccnc2)c1. The third-order valence-electron chi connectivity index (χ3n) is 6.37. The molecular formula is C28H28N6O. The molecule has 5 rings (SSSR count). The number of nitrogens with one attached hydrogen (secondary N) is 1. The van der Waals surface area contributed by atoms with Gasteiger partial charge in [-0.1, -0.05) is 48.5 Å². The molecule has 3 aromatic carbocycles. The summed E-state index contributed by atoms with van der Waals surface area (Å²) in [6, 6.07) is 24.4. The lowest BCUT2D eigenvalue weighted by Crippen LogP contribution is -2.38. The molecule has 7 heteroatoms. The van der Waals surface area contributed by atoms with E-state index in [0.717, 1.165) is 34.4 Å². The fourth-order valence-corrected chi connectivity index (χ4v) is 4.21. The molecule has 1 unspecified atom stereocenters. The number of benzene rings is 3. The topological polar surface area (TPSA) is 68.0 Å². The third-order valence-corrected chi connectivity index (χ3v) is 6.37. The molecule has 0 fully saturated rings. The molecule has 7 nitrogen and oxygen atoms in total. The molecule has 0 spiro atoms. The highest BCUT2D eigenvalue weighted by molar-refractivity contribution is 5.77. The third kappa shape index (κ3) is 4.94. The number of fused-ring (bicyclic) bond motifs is 1. The molecule has 0 aliphatic rings. The fourth-order valence-electron chi connectivity index (χ4n) is 4.21. The van der Waals surface area contributed by atoms with Gasteiger partial charge in [0.25, 0.3) is 0 Å². The average Bonchev–Trinajstić information content (AvgIpc) is 3.57. The molecule has 35 heavy (non-hydrogen) atoms. The first-order valence-corrected chi connectivity index (χ1v) is 11.6. The highest BCUT2D eigenvalue weighted by Gasteiger charge is 2.17. The second-order valence-electron chi connectivity index (χ2n) is 8.70. The lowest BCUT2D eigenvalue weighted by atomic mass is 10.1. The van der Waals surface area contributed by atoms with Gasteiger partial charge in [0, 0.05) is 38.2 Å². The smallest absolute Gasteiger partial charge is 0.317 e. The van der Waals surface area contributed by atoms with E-state index in [2.05, 4.69) is 62.3 Å². The number of imidazole rings is 2. The van der Waals surface area contributed by atoms with Gasteiger partial charge in [0.2, 0.25) is 0 Å². The molecule has 2 amide bonds. The van der Waals surface area contributed by atoms with E-state index in [1.54, 1.807) is 17.4 Å². The number of amides is 2. The van der Waals surface area contributed by atoms with Gasteiger partial charge in [-0.15, -0.1) is 0 Å². The Hall–Kier alpha value is -4.39. The van der Waals surface area contributed by atoms with Crippen molar-refractivity contribution in [3.05, 3.63) is 115 Å². The largest absolute Gasteiger partial charge is 0.334 e. The molecule has 1 N–H and O–H groups in total. The number of urea groups is 1. The number of hydrogen-bond donors (Lipinski definition) is 1. The van der Waals surface area contributed by atoms with Crippen molar-refractivity contribution in [2.75, 3.05) is 7.05 Å². The van der Waals surface area contributed by atoms with Crippen LogP contribution in [0.1, 0.15) is 29.7 Å². The zero-order valence-corrected chi connectivity index (χ0v) is 19.9. The molecule has 1 atom stereocenters. The van der Waals surface area contributed by atoms with Gasteiger partial charge >= 0.3 is 6.03 Å². The molecule has 2 heterocycles. The Balaban J connectivity index is 1.21. The van der Waals surface area contributed by atoms with Crippen LogP contribution in [0.2, 0.25) is 0 Å². The fraction of sp³-hybridized carbons (Fsp3) is 0.179. The maximum absolute atomic E-state index is 12.9. The van der Waals surface area contributed by atoms with Crippen LogP contribution in [0, 0.1) is 0 Å². The van der Waals surface area contributed by atoms with Crippen LogP contribution in [-0.4, -0.2) is 37.1 Å². The first-order valence-electron chi connectivity index (χ1n) is 11.6. The Morgan fingerprint density at radius 2 is 1.80 bits per heavy atom. The van der Waals surface area contributed by atoms with Crippen LogP contribution in [0.25, 0.3) is 16.7 Å². The minimum absolute atomic E-state index is 0.0730. The van der Waals surface area contributed by atoms with E-state index in [1.807, 2.05) is 61.4 Å². The van der Waals surface area contributed by atoms with Crippen molar-refractivity contribution >= 4 is 17.1 Å². The lowest BCUT2D eigenvalue weighted by Gasteiger charge is -2.26. The van der Waals surface area contributed by atoms with E-state index in [1.165, 1.54) is 5.56 Å². The van der Waals surface area contributed by atoms with Crippen molar-refractivity contribution in [2.45, 2.75) is 26.1 Å². The molecule has 0 saturated heterocycles. The number of rotatable bonds is 7. The number of carbonyl (C=O) groups is 1. The van der Waals surface area contributed by atoms with Crippen LogP contribution in [0.5, 0.6) is 0 Å². The summed E-state index contributed by atoms with van der Waals surface area (Å²) in [5, 5.41) is 3.04. The molecular weight excluding hydrogens is 436 g/mol. The number of hydrogen-bond acceptors (Lipinski definition) is 3. The van der Waals surface area contributed by atoms with Crippen LogP contribution in [0.15, 0.2) is 97.8 Å². The van der Waals surface area contributed by atoms with Crippen molar-refractivity contribution in [1.29, 1.82) is 0 Å². The van der Waals surface area contributed by atoms with E-state index >= 15 is 0 Å². The summed E-state index contributed by atoms with van der Waals surface area (Å²) in [7, 11) is 1.83. The predicted octanol–water partition coefficient (Wildman–Crippen LogP) is 5.17. The average molecular weight is 465 g/mol. The molecule has 2 aromatic heterocycles. The highest BCUT2D eigenvalue weighted by atomic mass is 16.2. The van der Waals surface area contributed by atoms with Crippen LogP contribution >= 0.6 is 0 Å². The summed E-state index contributed by atoms with van der Waals surface area (Å²) >= 11 is 0. The van der Waals surface area contributed by atoms with E-state index in [9.17, 15) is 4.79 Å². The molecule has 0 bridgehead atoms. The molecule has 0 aliphatic heterocycles. The number of nitrogens with zero attached hydrogens (tertiary/aromatic N) is 5.